The number of carbonyl (C=O) groups excluding carboxylic acids is 3. The van der Waals surface area contributed by atoms with Gasteiger partial charge in [-0.25, -0.2) is 0 Å². The Labute approximate surface area is 224 Å². The smallest absolute Gasteiger partial charge is 0.252 e. The highest BCUT2D eigenvalue weighted by Gasteiger charge is 2.54. The van der Waals surface area contributed by atoms with Gasteiger partial charge in [0.15, 0.2) is 12.6 Å². The molecule has 0 radical (unpaired) electrons. The first-order valence-electron chi connectivity index (χ1n) is 13.5. The van der Waals surface area contributed by atoms with Gasteiger partial charge < -0.3 is 34.9 Å². The molecule has 2 heterocycles. The number of nitrogens with zero attached hydrogens (tertiary/aromatic N) is 1. The van der Waals surface area contributed by atoms with Gasteiger partial charge >= 0.3 is 0 Å². The van der Waals surface area contributed by atoms with E-state index in [2.05, 4.69) is 10.6 Å². The summed E-state index contributed by atoms with van der Waals surface area (Å²) in [6.07, 6.45) is 0.895. The van der Waals surface area contributed by atoms with Crippen LogP contribution in [-0.4, -0.2) is 78.2 Å². The zero-order chi connectivity index (χ0) is 27.8. The number of ether oxygens (including phenoxy) is 3. The molecule has 3 aliphatic rings. The molecule has 2 saturated heterocycles. The maximum atomic E-state index is 14.1. The SMILES string of the molecule is CCO[C@H]1OC(O)CC1NC(=O)C1C2CCC(C2)N1C(=O)C(NC(=O)c1cccc(OC)c1C)C(C)(C)C. The Kier molecular flexibility index (Phi) is 8.34. The first kappa shape index (κ1) is 28.3. The van der Waals surface area contributed by atoms with Crippen molar-refractivity contribution in [2.24, 2.45) is 11.3 Å². The fourth-order valence-electron chi connectivity index (χ4n) is 6.08. The molecule has 0 aromatic heterocycles. The van der Waals surface area contributed by atoms with Crippen molar-refractivity contribution in [3.63, 3.8) is 0 Å². The highest BCUT2D eigenvalue weighted by Crippen LogP contribution is 2.44. The van der Waals surface area contributed by atoms with Gasteiger partial charge in [0.25, 0.3) is 5.91 Å². The third-order valence-corrected chi connectivity index (χ3v) is 7.98. The molecule has 10 nitrogen and oxygen atoms in total. The molecule has 1 aromatic rings. The summed E-state index contributed by atoms with van der Waals surface area (Å²) in [6.45, 7) is 9.71. The molecule has 1 saturated carbocycles. The Balaban J connectivity index is 1.55. The monoisotopic (exact) mass is 531 g/mol. The van der Waals surface area contributed by atoms with Gasteiger partial charge in [0.05, 0.1) is 13.2 Å². The van der Waals surface area contributed by atoms with Gasteiger partial charge in [-0.3, -0.25) is 14.4 Å². The Bertz CT molecular complexity index is 1060. The lowest BCUT2D eigenvalue weighted by molar-refractivity contribution is -0.188. The molecule has 0 spiro atoms. The molecule has 4 rings (SSSR count). The summed E-state index contributed by atoms with van der Waals surface area (Å²) in [7, 11) is 1.55. The highest BCUT2D eigenvalue weighted by molar-refractivity contribution is 6.00. The minimum absolute atomic E-state index is 0.0405. The topological polar surface area (TPSA) is 126 Å². The van der Waals surface area contributed by atoms with Gasteiger partial charge in [-0.2, -0.15) is 0 Å². The molecular weight excluding hydrogens is 490 g/mol. The average molecular weight is 532 g/mol. The number of methoxy groups -OCH3 is 1. The minimum Gasteiger partial charge on any atom is -0.496 e. The molecule has 1 aliphatic carbocycles. The van der Waals surface area contributed by atoms with E-state index >= 15 is 0 Å². The maximum Gasteiger partial charge on any atom is 0.252 e. The van der Waals surface area contributed by atoms with E-state index in [1.54, 1.807) is 37.1 Å². The molecule has 10 heteroatoms. The summed E-state index contributed by atoms with van der Waals surface area (Å²) in [5, 5.41) is 15.9. The van der Waals surface area contributed by atoms with Gasteiger partial charge in [0.2, 0.25) is 11.8 Å². The molecule has 3 N–H and O–H groups in total. The lowest BCUT2D eigenvalue weighted by Crippen LogP contribution is -2.62. The predicted molar refractivity (Wildman–Crippen MR) is 139 cm³/mol. The number of nitrogens with one attached hydrogen (secondary N) is 2. The quantitative estimate of drug-likeness (QED) is 0.469. The van der Waals surface area contributed by atoms with Crippen LogP contribution in [0.3, 0.4) is 0 Å². The molecule has 210 valence electrons. The van der Waals surface area contributed by atoms with Crippen LogP contribution in [-0.2, 0) is 19.1 Å². The summed E-state index contributed by atoms with van der Waals surface area (Å²) in [5.74, 6) is -0.269. The predicted octanol–water partition coefficient (Wildman–Crippen LogP) is 2.11. The fraction of sp³-hybridized carbons (Fsp3) is 0.679. The summed E-state index contributed by atoms with van der Waals surface area (Å²) in [6, 6.07) is 3.17. The van der Waals surface area contributed by atoms with E-state index in [0.29, 0.717) is 23.5 Å². The van der Waals surface area contributed by atoms with Gasteiger partial charge in [-0.15, -0.1) is 0 Å². The first-order valence-corrected chi connectivity index (χ1v) is 13.5. The Morgan fingerprint density at radius 2 is 1.95 bits per heavy atom. The number of aliphatic hydroxyl groups is 1. The number of aliphatic hydroxyl groups excluding tert-OH is 1. The number of fused-ring (bicyclic) bond motifs is 2. The zero-order valence-corrected chi connectivity index (χ0v) is 23.2. The third-order valence-electron chi connectivity index (χ3n) is 7.98. The van der Waals surface area contributed by atoms with E-state index in [1.165, 1.54) is 0 Å². The molecule has 6 unspecified atom stereocenters. The molecule has 1 aromatic carbocycles. The average Bonchev–Trinajstić information content (AvgIpc) is 3.56. The summed E-state index contributed by atoms with van der Waals surface area (Å²) in [5.41, 5.74) is 0.520. The lowest BCUT2D eigenvalue weighted by atomic mass is 9.84. The summed E-state index contributed by atoms with van der Waals surface area (Å²) < 4.78 is 16.3. The van der Waals surface area contributed by atoms with Crippen molar-refractivity contribution in [2.45, 2.75) is 97.0 Å². The fourth-order valence-corrected chi connectivity index (χ4v) is 6.08. The van der Waals surface area contributed by atoms with Crippen LogP contribution in [0.4, 0.5) is 0 Å². The lowest BCUT2D eigenvalue weighted by Gasteiger charge is -2.40. The Morgan fingerprint density at radius 3 is 2.61 bits per heavy atom. The summed E-state index contributed by atoms with van der Waals surface area (Å²) in [4.78, 5) is 42.8. The van der Waals surface area contributed by atoms with E-state index in [4.69, 9.17) is 14.2 Å². The van der Waals surface area contributed by atoms with Crippen LogP contribution in [0.25, 0.3) is 0 Å². The van der Waals surface area contributed by atoms with Gasteiger partial charge in [-0.05, 0) is 56.6 Å². The van der Waals surface area contributed by atoms with E-state index in [1.807, 2.05) is 27.7 Å². The van der Waals surface area contributed by atoms with Crippen molar-refractivity contribution in [3.8, 4) is 5.75 Å². The van der Waals surface area contributed by atoms with Crippen molar-refractivity contribution >= 4 is 17.7 Å². The zero-order valence-electron chi connectivity index (χ0n) is 23.2. The first-order chi connectivity index (χ1) is 18.0. The number of likely N-dealkylation sites (tertiary alicyclic amines) is 1. The molecule has 38 heavy (non-hydrogen) atoms. The van der Waals surface area contributed by atoms with E-state index in [-0.39, 0.29) is 36.1 Å². The van der Waals surface area contributed by atoms with E-state index in [9.17, 15) is 19.5 Å². The molecule has 3 amide bonds. The van der Waals surface area contributed by atoms with E-state index in [0.717, 1.165) is 19.3 Å². The maximum absolute atomic E-state index is 14.1. The Morgan fingerprint density at radius 1 is 1.21 bits per heavy atom. The molecule has 2 bridgehead atoms. The third kappa shape index (κ3) is 5.53. The summed E-state index contributed by atoms with van der Waals surface area (Å²) >= 11 is 0. The van der Waals surface area contributed by atoms with Crippen LogP contribution in [0.5, 0.6) is 5.75 Å². The second kappa shape index (κ2) is 11.2. The standard InChI is InChI=1S/C28H41N3O7/c1-7-37-27-19(14-21(32)38-27)29-25(34)22-16-11-12-17(13-16)31(22)26(35)23(28(3,4)5)30-24(33)18-9-8-10-20(36-6)15(18)2/h8-10,16-17,19,21-23,27,32H,7,11-14H2,1-6H3,(H,29,34)(H,30,33)/t16?,17?,19?,21?,22?,23?,27-/m0/s1. The van der Waals surface area contributed by atoms with Gasteiger partial charge in [0.1, 0.15) is 17.8 Å². The minimum atomic E-state index is -1.02. The van der Waals surface area contributed by atoms with Gasteiger partial charge in [-0.1, -0.05) is 26.8 Å². The number of rotatable bonds is 8. The number of hydrogen-bond donors (Lipinski definition) is 3. The van der Waals surface area contributed by atoms with Crippen molar-refractivity contribution in [3.05, 3.63) is 29.3 Å². The van der Waals surface area contributed by atoms with Crippen LogP contribution >= 0.6 is 0 Å². The normalized spacial score (nSPS) is 29.3. The van der Waals surface area contributed by atoms with Gasteiger partial charge in [0, 0.05) is 30.2 Å². The van der Waals surface area contributed by atoms with Crippen LogP contribution in [0.15, 0.2) is 18.2 Å². The molecule has 2 aliphatic heterocycles. The van der Waals surface area contributed by atoms with Crippen LogP contribution < -0.4 is 15.4 Å². The number of piperidine rings is 1. The molecular formula is C28H41N3O7. The van der Waals surface area contributed by atoms with Crippen molar-refractivity contribution < 1.29 is 33.7 Å². The second-order valence-corrected chi connectivity index (χ2v) is 11.6. The molecule has 3 fully saturated rings. The van der Waals surface area contributed by atoms with Crippen LogP contribution in [0.2, 0.25) is 0 Å². The highest BCUT2D eigenvalue weighted by atomic mass is 16.7. The van der Waals surface area contributed by atoms with E-state index < -0.39 is 36.1 Å². The number of benzene rings is 1. The largest absolute Gasteiger partial charge is 0.496 e. The van der Waals surface area contributed by atoms with Crippen LogP contribution in [0, 0.1) is 18.3 Å². The van der Waals surface area contributed by atoms with Crippen molar-refractivity contribution in [1.82, 2.24) is 15.5 Å². The second-order valence-electron chi connectivity index (χ2n) is 11.6. The number of amides is 3. The number of hydrogen-bond acceptors (Lipinski definition) is 7. The number of carbonyl (C=O) groups is 3. The van der Waals surface area contributed by atoms with Crippen LogP contribution in [0.1, 0.15) is 69.3 Å². The van der Waals surface area contributed by atoms with Crippen molar-refractivity contribution in [2.75, 3.05) is 13.7 Å². The van der Waals surface area contributed by atoms with Crippen molar-refractivity contribution in [1.29, 1.82) is 0 Å². The molecule has 7 atom stereocenters. The Hall–Kier alpha value is -2.69.